The predicted octanol–water partition coefficient (Wildman–Crippen LogP) is 2.09. The summed E-state index contributed by atoms with van der Waals surface area (Å²) in [5.41, 5.74) is 5.59. The molecule has 1 aromatic carbocycles. The van der Waals surface area contributed by atoms with E-state index in [4.69, 9.17) is 5.73 Å². The molecule has 21 heavy (non-hydrogen) atoms. The van der Waals surface area contributed by atoms with Gasteiger partial charge in [0.1, 0.15) is 11.6 Å². The molecule has 3 N–H and O–H groups in total. The molecule has 1 amide bonds. The average Bonchev–Trinajstić information content (AvgIpc) is 2.43. The van der Waals surface area contributed by atoms with Crippen LogP contribution in [0.5, 0.6) is 0 Å². The number of benzene rings is 1. The van der Waals surface area contributed by atoms with Gasteiger partial charge < -0.3 is 11.1 Å². The number of halogens is 1. The number of nitrogens with two attached hydrogens (primary N) is 1. The number of carbonyl (C=O) groups is 1. The van der Waals surface area contributed by atoms with E-state index in [0.29, 0.717) is 12.8 Å². The summed E-state index contributed by atoms with van der Waals surface area (Å²) < 4.78 is 37.3. The fourth-order valence-electron chi connectivity index (χ4n) is 2.54. The molecule has 1 aliphatic carbocycles. The number of amides is 1. The number of rotatable bonds is 4. The smallest absolute Gasteiger partial charge is 0.239 e. The Morgan fingerprint density at radius 3 is 2.57 bits per heavy atom. The summed E-state index contributed by atoms with van der Waals surface area (Å²) >= 11 is 0. The fourth-order valence-corrected chi connectivity index (χ4v) is 4.27. The number of carbonyl (C=O) groups excluding carboxylic acids is 1. The van der Waals surface area contributed by atoms with Crippen LogP contribution in [-0.2, 0) is 14.6 Å². The van der Waals surface area contributed by atoms with Crippen molar-refractivity contribution in [2.45, 2.75) is 37.4 Å². The van der Waals surface area contributed by atoms with Crippen molar-refractivity contribution in [2.75, 3.05) is 16.8 Å². The molecule has 116 valence electrons. The van der Waals surface area contributed by atoms with Gasteiger partial charge in [0.2, 0.25) is 5.91 Å². The monoisotopic (exact) mass is 314 g/mol. The van der Waals surface area contributed by atoms with E-state index < -0.39 is 32.6 Å². The van der Waals surface area contributed by atoms with Crippen LogP contribution in [0.1, 0.15) is 32.1 Å². The Hall–Kier alpha value is -1.63. The topological polar surface area (TPSA) is 89.3 Å². The minimum atomic E-state index is -3.44. The van der Waals surface area contributed by atoms with E-state index in [1.54, 1.807) is 0 Å². The Morgan fingerprint density at radius 2 is 1.95 bits per heavy atom. The van der Waals surface area contributed by atoms with Crippen molar-refractivity contribution >= 4 is 27.1 Å². The molecule has 1 aliphatic rings. The van der Waals surface area contributed by atoms with E-state index in [1.807, 2.05) is 0 Å². The second-order valence-electron chi connectivity index (χ2n) is 5.35. The second-order valence-corrected chi connectivity index (χ2v) is 7.63. The summed E-state index contributed by atoms with van der Waals surface area (Å²) in [5.74, 6) is -1.75. The molecule has 7 heteroatoms. The third-order valence-electron chi connectivity index (χ3n) is 3.67. The Balaban J connectivity index is 1.98. The van der Waals surface area contributed by atoms with Gasteiger partial charge in [0.05, 0.1) is 10.9 Å². The zero-order chi connectivity index (χ0) is 15.5. The number of nitrogen functional groups attached to an aromatic ring is 1. The molecule has 2 rings (SSSR count). The molecule has 1 aromatic rings. The molecule has 0 bridgehead atoms. The van der Waals surface area contributed by atoms with E-state index in [2.05, 4.69) is 5.32 Å². The highest BCUT2D eigenvalue weighted by molar-refractivity contribution is 7.92. The van der Waals surface area contributed by atoms with Gasteiger partial charge in [-0.25, -0.2) is 12.8 Å². The summed E-state index contributed by atoms with van der Waals surface area (Å²) in [6.45, 7) is 0. The Morgan fingerprint density at radius 1 is 1.29 bits per heavy atom. The standard InChI is InChI=1S/C14H19FN2O3S/c15-12-7-6-10(8-13(12)16)17-14(18)9-21(19,20)11-4-2-1-3-5-11/h6-8,11H,1-5,9,16H2,(H,17,18). The van der Waals surface area contributed by atoms with Crippen molar-refractivity contribution in [1.29, 1.82) is 0 Å². The van der Waals surface area contributed by atoms with Gasteiger partial charge in [0, 0.05) is 5.69 Å². The third-order valence-corrected chi connectivity index (χ3v) is 5.82. The molecule has 5 nitrogen and oxygen atoms in total. The minimum absolute atomic E-state index is 0.0945. The van der Waals surface area contributed by atoms with Crippen molar-refractivity contribution in [2.24, 2.45) is 0 Å². The minimum Gasteiger partial charge on any atom is -0.396 e. The van der Waals surface area contributed by atoms with E-state index in [1.165, 1.54) is 12.1 Å². The molecule has 0 atom stereocenters. The summed E-state index contributed by atoms with van der Waals surface area (Å²) in [6, 6.07) is 3.73. The summed E-state index contributed by atoms with van der Waals surface area (Å²) in [4.78, 5) is 11.8. The lowest BCUT2D eigenvalue weighted by molar-refractivity contribution is -0.113. The lowest BCUT2D eigenvalue weighted by atomic mass is 10.0. The SMILES string of the molecule is Nc1cc(NC(=O)CS(=O)(=O)C2CCCCC2)ccc1F. The van der Waals surface area contributed by atoms with Gasteiger partial charge in [-0.3, -0.25) is 4.79 Å². The molecular weight excluding hydrogens is 295 g/mol. The number of hydrogen-bond acceptors (Lipinski definition) is 4. The van der Waals surface area contributed by atoms with E-state index in [0.717, 1.165) is 25.3 Å². The first-order valence-corrected chi connectivity index (χ1v) is 8.66. The predicted molar refractivity (Wildman–Crippen MR) is 80.1 cm³/mol. The van der Waals surface area contributed by atoms with Gasteiger partial charge in [0.15, 0.2) is 9.84 Å². The maximum Gasteiger partial charge on any atom is 0.239 e. The first-order valence-electron chi connectivity index (χ1n) is 6.95. The van der Waals surface area contributed by atoms with Gasteiger partial charge in [-0.2, -0.15) is 0 Å². The van der Waals surface area contributed by atoms with Crippen LogP contribution in [0.15, 0.2) is 18.2 Å². The highest BCUT2D eigenvalue weighted by atomic mass is 32.2. The number of sulfone groups is 1. The van der Waals surface area contributed by atoms with Crippen LogP contribution >= 0.6 is 0 Å². The Bertz CT molecular complexity index is 625. The molecule has 1 saturated carbocycles. The van der Waals surface area contributed by atoms with Gasteiger partial charge in [-0.05, 0) is 31.0 Å². The van der Waals surface area contributed by atoms with E-state index in [9.17, 15) is 17.6 Å². The molecule has 0 unspecified atom stereocenters. The molecule has 0 spiro atoms. The third kappa shape index (κ3) is 4.17. The van der Waals surface area contributed by atoms with Crippen molar-refractivity contribution in [3.8, 4) is 0 Å². The van der Waals surface area contributed by atoms with Crippen molar-refractivity contribution in [3.05, 3.63) is 24.0 Å². The molecule has 0 aliphatic heterocycles. The fraction of sp³-hybridized carbons (Fsp3) is 0.500. The average molecular weight is 314 g/mol. The summed E-state index contributed by atoms with van der Waals surface area (Å²) in [6.07, 6.45) is 4.07. The van der Waals surface area contributed by atoms with Crippen LogP contribution in [0.3, 0.4) is 0 Å². The highest BCUT2D eigenvalue weighted by Gasteiger charge is 2.29. The van der Waals surface area contributed by atoms with Crippen molar-refractivity contribution in [1.82, 2.24) is 0 Å². The summed E-state index contributed by atoms with van der Waals surface area (Å²) in [7, 11) is -3.44. The molecular formula is C14H19FN2O3S. The van der Waals surface area contributed by atoms with Crippen LogP contribution in [0.25, 0.3) is 0 Å². The Labute approximate surface area is 123 Å². The largest absolute Gasteiger partial charge is 0.396 e. The van der Waals surface area contributed by atoms with Crippen molar-refractivity contribution in [3.63, 3.8) is 0 Å². The number of nitrogens with one attached hydrogen (secondary N) is 1. The molecule has 0 heterocycles. The molecule has 0 radical (unpaired) electrons. The molecule has 0 aromatic heterocycles. The molecule has 1 fully saturated rings. The van der Waals surface area contributed by atoms with Crippen LogP contribution in [0.4, 0.5) is 15.8 Å². The number of anilines is 2. The highest BCUT2D eigenvalue weighted by Crippen LogP contribution is 2.24. The first-order chi connectivity index (χ1) is 9.88. The van der Waals surface area contributed by atoms with E-state index >= 15 is 0 Å². The van der Waals surface area contributed by atoms with E-state index in [-0.39, 0.29) is 11.4 Å². The summed E-state index contributed by atoms with van der Waals surface area (Å²) in [5, 5.41) is 2.02. The Kier molecular flexibility index (Phi) is 4.82. The normalized spacial score (nSPS) is 16.6. The number of hydrogen-bond donors (Lipinski definition) is 2. The van der Waals surface area contributed by atoms with Gasteiger partial charge in [0.25, 0.3) is 0 Å². The lowest BCUT2D eigenvalue weighted by Crippen LogP contribution is -2.32. The van der Waals surface area contributed by atoms with Gasteiger partial charge in [-0.15, -0.1) is 0 Å². The van der Waals surface area contributed by atoms with Crippen LogP contribution in [-0.4, -0.2) is 25.3 Å². The van der Waals surface area contributed by atoms with Gasteiger partial charge >= 0.3 is 0 Å². The van der Waals surface area contributed by atoms with Crippen molar-refractivity contribution < 1.29 is 17.6 Å². The quantitative estimate of drug-likeness (QED) is 0.833. The maximum absolute atomic E-state index is 13.0. The zero-order valence-electron chi connectivity index (χ0n) is 11.6. The van der Waals surface area contributed by atoms with Crippen LogP contribution in [0, 0.1) is 5.82 Å². The zero-order valence-corrected chi connectivity index (χ0v) is 12.5. The maximum atomic E-state index is 13.0. The van der Waals surface area contributed by atoms with Gasteiger partial charge in [-0.1, -0.05) is 19.3 Å². The second kappa shape index (κ2) is 6.43. The van der Waals surface area contributed by atoms with Crippen LogP contribution in [0.2, 0.25) is 0 Å². The first kappa shape index (κ1) is 15.8. The van der Waals surface area contributed by atoms with Crippen LogP contribution < -0.4 is 11.1 Å². The molecule has 0 saturated heterocycles. The lowest BCUT2D eigenvalue weighted by Gasteiger charge is -2.21.